The van der Waals surface area contributed by atoms with Crippen molar-refractivity contribution in [3.05, 3.63) is 34.2 Å². The predicted molar refractivity (Wildman–Crippen MR) is 68.2 cm³/mol. The molecule has 0 saturated heterocycles. The summed E-state index contributed by atoms with van der Waals surface area (Å²) in [5.74, 6) is 2.79. The van der Waals surface area contributed by atoms with Crippen LogP contribution in [0.25, 0.3) is 0 Å². The second kappa shape index (κ2) is 5.55. The topological polar surface area (TPSA) is 9.23 Å². The first-order valence-electron chi connectivity index (χ1n) is 5.23. The zero-order valence-electron chi connectivity index (χ0n) is 9.80. The molecule has 2 heteroatoms. The van der Waals surface area contributed by atoms with Crippen molar-refractivity contribution in [2.45, 2.75) is 27.7 Å². The highest BCUT2D eigenvalue weighted by Crippen LogP contribution is 2.25. The molecule has 1 radical (unpaired) electrons. The van der Waals surface area contributed by atoms with E-state index in [0.29, 0.717) is 5.92 Å². The zero-order chi connectivity index (χ0) is 11.4. The maximum atomic E-state index is 5.70. The number of hydrogen-bond acceptors (Lipinski definition) is 1. The van der Waals surface area contributed by atoms with Crippen molar-refractivity contribution in [1.29, 1.82) is 0 Å². The van der Waals surface area contributed by atoms with Gasteiger partial charge in [0.25, 0.3) is 0 Å². The van der Waals surface area contributed by atoms with E-state index in [1.54, 1.807) is 0 Å². The van der Waals surface area contributed by atoms with E-state index in [9.17, 15) is 0 Å². The summed E-state index contributed by atoms with van der Waals surface area (Å²) in [5.41, 5.74) is 1.23. The van der Waals surface area contributed by atoms with E-state index in [4.69, 9.17) is 4.74 Å². The summed E-state index contributed by atoms with van der Waals surface area (Å²) in [6.07, 6.45) is 0. The maximum absolute atomic E-state index is 5.70. The second-order valence-corrected chi connectivity index (χ2v) is 5.30. The van der Waals surface area contributed by atoms with Crippen molar-refractivity contribution < 1.29 is 4.74 Å². The standard InChI is InChI=1S/C13H18BrO/c1-9(2)8-15-13-6-11(10(3)4)5-12(14)7-13/h5-7,9H,8H2,1-4H3. The average Bonchev–Trinajstić information content (AvgIpc) is 2.13. The predicted octanol–water partition coefficient (Wildman–Crippen LogP) is 4.45. The van der Waals surface area contributed by atoms with Crippen molar-refractivity contribution in [1.82, 2.24) is 0 Å². The van der Waals surface area contributed by atoms with Gasteiger partial charge in [0.05, 0.1) is 6.61 Å². The Morgan fingerprint density at radius 1 is 1.27 bits per heavy atom. The van der Waals surface area contributed by atoms with Gasteiger partial charge >= 0.3 is 0 Å². The van der Waals surface area contributed by atoms with E-state index in [1.807, 2.05) is 6.07 Å². The first kappa shape index (κ1) is 12.6. The maximum Gasteiger partial charge on any atom is 0.120 e. The van der Waals surface area contributed by atoms with Crippen LogP contribution in [0.5, 0.6) is 5.75 Å². The number of benzene rings is 1. The molecule has 1 rings (SSSR count). The van der Waals surface area contributed by atoms with Gasteiger partial charge in [-0.3, -0.25) is 0 Å². The number of halogens is 1. The molecule has 1 nitrogen and oxygen atoms in total. The number of rotatable bonds is 4. The quantitative estimate of drug-likeness (QED) is 0.785. The Morgan fingerprint density at radius 2 is 1.93 bits per heavy atom. The SMILES string of the molecule is C[C](C)c1cc(Br)cc(OCC(C)C)c1. The molecule has 0 atom stereocenters. The molecular weight excluding hydrogens is 252 g/mol. The number of ether oxygens (including phenoxy) is 1. The zero-order valence-corrected chi connectivity index (χ0v) is 11.4. The smallest absolute Gasteiger partial charge is 0.120 e. The van der Waals surface area contributed by atoms with Gasteiger partial charge in [-0.25, -0.2) is 0 Å². The molecule has 1 aromatic carbocycles. The van der Waals surface area contributed by atoms with E-state index in [-0.39, 0.29) is 0 Å². The minimum absolute atomic E-state index is 0.555. The molecular formula is C13H18BrO. The van der Waals surface area contributed by atoms with Gasteiger partial charge in [0.2, 0.25) is 0 Å². The summed E-state index contributed by atoms with van der Waals surface area (Å²) in [7, 11) is 0. The molecule has 15 heavy (non-hydrogen) atoms. The van der Waals surface area contributed by atoms with Gasteiger partial charge < -0.3 is 4.74 Å². The van der Waals surface area contributed by atoms with Crippen LogP contribution >= 0.6 is 15.9 Å². The lowest BCUT2D eigenvalue weighted by atomic mass is 10.0. The molecule has 0 heterocycles. The third kappa shape index (κ3) is 4.25. The van der Waals surface area contributed by atoms with Crippen LogP contribution in [0.2, 0.25) is 0 Å². The fraction of sp³-hybridized carbons (Fsp3) is 0.462. The Labute approximate surface area is 101 Å². The summed E-state index contributed by atoms with van der Waals surface area (Å²) in [6, 6.07) is 6.20. The Kier molecular flexibility index (Phi) is 4.65. The fourth-order valence-corrected chi connectivity index (χ4v) is 1.67. The third-order valence-corrected chi connectivity index (χ3v) is 2.49. The third-order valence-electron chi connectivity index (χ3n) is 2.03. The molecule has 0 aliphatic heterocycles. The molecule has 0 aliphatic carbocycles. The van der Waals surface area contributed by atoms with Crippen LogP contribution < -0.4 is 4.74 Å². The molecule has 0 unspecified atom stereocenters. The minimum atomic E-state index is 0.555. The van der Waals surface area contributed by atoms with Crippen LogP contribution in [-0.4, -0.2) is 6.61 Å². The van der Waals surface area contributed by atoms with Crippen molar-refractivity contribution in [3.8, 4) is 5.75 Å². The van der Waals surface area contributed by atoms with Gasteiger partial charge in [0, 0.05) is 4.47 Å². The van der Waals surface area contributed by atoms with E-state index in [2.05, 4.69) is 55.8 Å². The second-order valence-electron chi connectivity index (χ2n) is 4.38. The van der Waals surface area contributed by atoms with Crippen LogP contribution in [0, 0.1) is 11.8 Å². The highest BCUT2D eigenvalue weighted by Gasteiger charge is 2.05. The average molecular weight is 270 g/mol. The lowest BCUT2D eigenvalue weighted by molar-refractivity contribution is 0.271. The van der Waals surface area contributed by atoms with Gasteiger partial charge in [-0.05, 0) is 35.6 Å². The molecule has 83 valence electrons. The van der Waals surface area contributed by atoms with Crippen LogP contribution in [0.3, 0.4) is 0 Å². The van der Waals surface area contributed by atoms with Crippen LogP contribution in [0.1, 0.15) is 33.3 Å². The molecule has 0 N–H and O–H groups in total. The summed E-state index contributed by atoms with van der Waals surface area (Å²) in [5, 5.41) is 0. The van der Waals surface area contributed by atoms with Crippen molar-refractivity contribution >= 4 is 15.9 Å². The lowest BCUT2D eigenvalue weighted by Crippen LogP contribution is -2.05. The summed E-state index contributed by atoms with van der Waals surface area (Å²) in [6.45, 7) is 9.27. The summed E-state index contributed by atoms with van der Waals surface area (Å²) in [4.78, 5) is 0. The van der Waals surface area contributed by atoms with Crippen LogP contribution in [0.4, 0.5) is 0 Å². The molecule has 0 spiro atoms. The van der Waals surface area contributed by atoms with Gasteiger partial charge in [-0.15, -0.1) is 0 Å². The van der Waals surface area contributed by atoms with Crippen molar-refractivity contribution in [3.63, 3.8) is 0 Å². The largest absolute Gasteiger partial charge is 0.493 e. The monoisotopic (exact) mass is 269 g/mol. The highest BCUT2D eigenvalue weighted by molar-refractivity contribution is 9.10. The van der Waals surface area contributed by atoms with Crippen molar-refractivity contribution in [2.24, 2.45) is 5.92 Å². The Balaban J connectivity index is 2.79. The van der Waals surface area contributed by atoms with Gasteiger partial charge in [0.1, 0.15) is 5.75 Å². The summed E-state index contributed by atoms with van der Waals surface area (Å²) < 4.78 is 6.77. The molecule has 0 bridgehead atoms. The van der Waals surface area contributed by atoms with Gasteiger partial charge in [-0.1, -0.05) is 43.6 Å². The lowest BCUT2D eigenvalue weighted by Gasteiger charge is -2.12. The first-order valence-corrected chi connectivity index (χ1v) is 6.02. The molecule has 1 aromatic rings. The van der Waals surface area contributed by atoms with Crippen LogP contribution in [-0.2, 0) is 0 Å². The molecule has 0 aromatic heterocycles. The van der Waals surface area contributed by atoms with Gasteiger partial charge in [0.15, 0.2) is 0 Å². The molecule has 0 fully saturated rings. The van der Waals surface area contributed by atoms with Crippen LogP contribution in [0.15, 0.2) is 22.7 Å². The summed E-state index contributed by atoms with van der Waals surface area (Å²) >= 11 is 3.49. The Bertz CT molecular complexity index is 318. The van der Waals surface area contributed by atoms with E-state index < -0.39 is 0 Å². The number of hydrogen-bond donors (Lipinski definition) is 0. The Hall–Kier alpha value is -0.500. The minimum Gasteiger partial charge on any atom is -0.493 e. The van der Waals surface area contributed by atoms with Gasteiger partial charge in [-0.2, -0.15) is 0 Å². The van der Waals surface area contributed by atoms with E-state index >= 15 is 0 Å². The normalized spacial score (nSPS) is 11.1. The molecule has 0 saturated carbocycles. The molecule has 0 amide bonds. The highest BCUT2D eigenvalue weighted by atomic mass is 79.9. The van der Waals surface area contributed by atoms with E-state index in [0.717, 1.165) is 16.8 Å². The fourth-order valence-electron chi connectivity index (χ4n) is 1.20. The van der Waals surface area contributed by atoms with Crippen molar-refractivity contribution in [2.75, 3.05) is 6.61 Å². The molecule has 0 aliphatic rings. The Morgan fingerprint density at radius 3 is 2.47 bits per heavy atom. The first-order chi connectivity index (χ1) is 6.99. The van der Waals surface area contributed by atoms with E-state index in [1.165, 1.54) is 11.5 Å².